The number of nitrogens with zero attached hydrogens (tertiary/aromatic N) is 4. The Morgan fingerprint density at radius 3 is 2.41 bits per heavy atom. The lowest BCUT2D eigenvalue weighted by molar-refractivity contribution is 0.0629. The van der Waals surface area contributed by atoms with Crippen molar-refractivity contribution in [3.05, 3.63) is 23.5 Å². The highest BCUT2D eigenvalue weighted by molar-refractivity contribution is 7.15. The molecule has 1 saturated carbocycles. The molecular formula is C22H32N4S. The molecular weight excluding hydrogens is 352 g/mol. The fraction of sp³-hybridized carbons (Fsp3) is 0.682. The fourth-order valence-corrected chi connectivity index (χ4v) is 5.65. The predicted octanol–water partition coefficient (Wildman–Crippen LogP) is 5.74. The number of piperidine rings is 1. The van der Waals surface area contributed by atoms with Gasteiger partial charge in [0.25, 0.3) is 0 Å². The topological polar surface area (TPSA) is 41.9 Å². The smallest absolute Gasteiger partial charge is 0.225 e. The summed E-state index contributed by atoms with van der Waals surface area (Å²) in [6.45, 7) is 7.01. The molecule has 4 rings (SSSR count). The lowest BCUT2D eigenvalue weighted by atomic mass is 9.60. The second-order valence-corrected chi connectivity index (χ2v) is 9.72. The van der Waals surface area contributed by atoms with Crippen LogP contribution in [0.3, 0.4) is 0 Å². The van der Waals surface area contributed by atoms with Gasteiger partial charge in [-0.2, -0.15) is 0 Å². The van der Waals surface area contributed by atoms with E-state index in [0.717, 1.165) is 41.9 Å². The third-order valence-corrected chi connectivity index (χ3v) is 7.90. The first-order valence-electron chi connectivity index (χ1n) is 10.7. The Hall–Kier alpha value is -1.49. The summed E-state index contributed by atoms with van der Waals surface area (Å²) in [7, 11) is 0. The molecule has 1 saturated heterocycles. The zero-order valence-electron chi connectivity index (χ0n) is 16.8. The van der Waals surface area contributed by atoms with Gasteiger partial charge in [-0.3, -0.25) is 0 Å². The molecule has 0 aromatic carbocycles. The van der Waals surface area contributed by atoms with Crippen LogP contribution in [-0.4, -0.2) is 28.0 Å². The SMILES string of the molecule is CCC(CCc1cnc(-c2cnc(N3CCCCC3)nc2)s1)C1(C)CCC1. The van der Waals surface area contributed by atoms with Crippen molar-refractivity contribution in [2.24, 2.45) is 11.3 Å². The van der Waals surface area contributed by atoms with Gasteiger partial charge in [0, 0.05) is 42.1 Å². The van der Waals surface area contributed by atoms with Crippen molar-refractivity contribution in [3.63, 3.8) is 0 Å². The number of hydrogen-bond acceptors (Lipinski definition) is 5. The van der Waals surface area contributed by atoms with Gasteiger partial charge in [-0.1, -0.05) is 26.7 Å². The van der Waals surface area contributed by atoms with E-state index in [9.17, 15) is 0 Å². The number of rotatable bonds is 7. The lowest BCUT2D eigenvalue weighted by Crippen LogP contribution is -2.34. The van der Waals surface area contributed by atoms with E-state index in [-0.39, 0.29) is 0 Å². The molecule has 1 aliphatic carbocycles. The van der Waals surface area contributed by atoms with Gasteiger partial charge in [0.05, 0.1) is 0 Å². The van der Waals surface area contributed by atoms with Gasteiger partial charge in [-0.05, 0) is 56.3 Å². The van der Waals surface area contributed by atoms with E-state index in [1.165, 1.54) is 56.2 Å². The normalized spacial score (nSPS) is 20.3. The molecule has 2 fully saturated rings. The second kappa shape index (κ2) is 8.26. The standard InChI is InChI=1S/C22H32N4S/c1-3-18(22(2)10-7-11-22)8-9-19-16-23-20(27-19)17-14-24-21(25-15-17)26-12-5-4-6-13-26/h14-16,18H,3-13H2,1-2H3. The van der Waals surface area contributed by atoms with Crippen molar-refractivity contribution in [2.75, 3.05) is 18.0 Å². The third-order valence-electron chi connectivity index (χ3n) is 6.79. The highest BCUT2D eigenvalue weighted by Gasteiger charge is 2.38. The summed E-state index contributed by atoms with van der Waals surface area (Å²) in [5.74, 6) is 1.72. The largest absolute Gasteiger partial charge is 0.341 e. The van der Waals surface area contributed by atoms with E-state index < -0.39 is 0 Å². The number of aromatic nitrogens is 3. The molecule has 1 aliphatic heterocycles. The van der Waals surface area contributed by atoms with Crippen LogP contribution in [0.5, 0.6) is 0 Å². The molecule has 2 aliphatic rings. The van der Waals surface area contributed by atoms with Crippen LogP contribution in [0.4, 0.5) is 5.95 Å². The van der Waals surface area contributed by atoms with Crippen LogP contribution in [0.1, 0.15) is 70.1 Å². The Kier molecular flexibility index (Phi) is 5.76. The summed E-state index contributed by atoms with van der Waals surface area (Å²) in [6.07, 6.45) is 17.8. The maximum Gasteiger partial charge on any atom is 0.225 e. The van der Waals surface area contributed by atoms with Crippen molar-refractivity contribution in [3.8, 4) is 10.6 Å². The Labute approximate surface area is 167 Å². The molecule has 4 nitrogen and oxygen atoms in total. The first-order chi connectivity index (χ1) is 13.2. The summed E-state index contributed by atoms with van der Waals surface area (Å²) in [5, 5.41) is 1.05. The number of thiazole rings is 1. The molecule has 0 N–H and O–H groups in total. The Morgan fingerprint density at radius 1 is 1.04 bits per heavy atom. The average Bonchev–Trinajstić information content (AvgIpc) is 3.17. The van der Waals surface area contributed by atoms with Gasteiger partial charge in [0.2, 0.25) is 5.95 Å². The molecule has 0 radical (unpaired) electrons. The van der Waals surface area contributed by atoms with Crippen molar-refractivity contribution < 1.29 is 0 Å². The van der Waals surface area contributed by atoms with Gasteiger partial charge in [-0.25, -0.2) is 15.0 Å². The molecule has 5 heteroatoms. The summed E-state index contributed by atoms with van der Waals surface area (Å²) >= 11 is 1.81. The van der Waals surface area contributed by atoms with Crippen LogP contribution in [0, 0.1) is 11.3 Å². The Bertz CT molecular complexity index is 729. The molecule has 0 spiro atoms. The zero-order valence-corrected chi connectivity index (χ0v) is 17.6. The molecule has 0 bridgehead atoms. The Morgan fingerprint density at radius 2 is 1.78 bits per heavy atom. The van der Waals surface area contributed by atoms with Crippen molar-refractivity contribution in [1.29, 1.82) is 0 Å². The van der Waals surface area contributed by atoms with Crippen molar-refractivity contribution in [2.45, 2.75) is 71.6 Å². The van der Waals surface area contributed by atoms with E-state index >= 15 is 0 Å². The van der Waals surface area contributed by atoms with E-state index in [1.54, 1.807) is 0 Å². The minimum atomic E-state index is 0.598. The van der Waals surface area contributed by atoms with Gasteiger partial charge >= 0.3 is 0 Å². The van der Waals surface area contributed by atoms with E-state index in [0.29, 0.717) is 5.41 Å². The summed E-state index contributed by atoms with van der Waals surface area (Å²) in [5.41, 5.74) is 1.64. The summed E-state index contributed by atoms with van der Waals surface area (Å²) < 4.78 is 0. The van der Waals surface area contributed by atoms with Crippen molar-refractivity contribution >= 4 is 17.3 Å². The minimum absolute atomic E-state index is 0.598. The maximum atomic E-state index is 4.65. The van der Waals surface area contributed by atoms with Crippen LogP contribution in [0.25, 0.3) is 10.6 Å². The molecule has 0 amide bonds. The molecule has 27 heavy (non-hydrogen) atoms. The van der Waals surface area contributed by atoms with E-state index in [2.05, 4.69) is 39.9 Å². The van der Waals surface area contributed by atoms with Gasteiger partial charge in [0.1, 0.15) is 5.01 Å². The Balaban J connectivity index is 1.37. The van der Waals surface area contributed by atoms with Crippen LogP contribution in [0.2, 0.25) is 0 Å². The molecule has 3 heterocycles. The second-order valence-electron chi connectivity index (χ2n) is 8.60. The molecule has 1 unspecified atom stereocenters. The van der Waals surface area contributed by atoms with Crippen molar-refractivity contribution in [1.82, 2.24) is 15.0 Å². The van der Waals surface area contributed by atoms with Crippen LogP contribution < -0.4 is 4.90 Å². The van der Waals surface area contributed by atoms with Gasteiger partial charge in [0.15, 0.2) is 0 Å². The van der Waals surface area contributed by atoms with Crippen LogP contribution >= 0.6 is 11.3 Å². The molecule has 2 aromatic heterocycles. The quantitative estimate of drug-likeness (QED) is 0.610. The first-order valence-corrected chi connectivity index (χ1v) is 11.5. The maximum absolute atomic E-state index is 4.65. The highest BCUT2D eigenvalue weighted by atomic mass is 32.1. The molecule has 1 atom stereocenters. The highest BCUT2D eigenvalue weighted by Crippen LogP contribution is 2.49. The van der Waals surface area contributed by atoms with Crippen LogP contribution in [-0.2, 0) is 6.42 Å². The first kappa shape index (κ1) is 18.9. The van der Waals surface area contributed by atoms with Crippen LogP contribution in [0.15, 0.2) is 18.6 Å². The third kappa shape index (κ3) is 4.18. The fourth-order valence-electron chi connectivity index (χ4n) is 4.75. The summed E-state index contributed by atoms with van der Waals surface area (Å²) in [6, 6.07) is 0. The molecule has 146 valence electrons. The predicted molar refractivity (Wildman–Crippen MR) is 113 cm³/mol. The minimum Gasteiger partial charge on any atom is -0.341 e. The number of anilines is 1. The van der Waals surface area contributed by atoms with E-state index in [4.69, 9.17) is 0 Å². The zero-order chi connectivity index (χ0) is 18.7. The lowest BCUT2D eigenvalue weighted by Gasteiger charge is -2.45. The monoisotopic (exact) mass is 384 g/mol. The number of aryl methyl sites for hydroxylation is 1. The molecule has 2 aromatic rings. The number of hydrogen-bond donors (Lipinski definition) is 0. The van der Waals surface area contributed by atoms with E-state index in [1.807, 2.05) is 23.7 Å². The summed E-state index contributed by atoms with van der Waals surface area (Å²) in [4.78, 5) is 17.6. The van der Waals surface area contributed by atoms with Gasteiger partial charge < -0.3 is 4.90 Å². The average molecular weight is 385 g/mol. The van der Waals surface area contributed by atoms with Gasteiger partial charge in [-0.15, -0.1) is 11.3 Å².